The summed E-state index contributed by atoms with van der Waals surface area (Å²) in [5.41, 5.74) is 3.94. The molecule has 1 aliphatic rings. The Bertz CT molecular complexity index is 317. The fourth-order valence-electron chi connectivity index (χ4n) is 2.34. The molecule has 1 aromatic rings. The Morgan fingerprint density at radius 2 is 2.14 bits per heavy atom. The summed E-state index contributed by atoms with van der Waals surface area (Å²) in [7, 11) is 0. The lowest BCUT2D eigenvalue weighted by atomic mass is 9.93. The van der Waals surface area contributed by atoms with Gasteiger partial charge in [0.25, 0.3) is 0 Å². The molecule has 1 nitrogen and oxygen atoms in total. The Hall–Kier alpha value is -0.530. The highest BCUT2D eigenvalue weighted by atomic mass is 35.5. The van der Waals surface area contributed by atoms with Crippen LogP contribution in [0, 0.1) is 13.8 Å². The second kappa shape index (κ2) is 3.92. The molecule has 1 N–H and O–H groups in total. The summed E-state index contributed by atoms with van der Waals surface area (Å²) in [5, 5.41) is 4.32. The van der Waals surface area contributed by atoms with E-state index in [0.29, 0.717) is 5.92 Å². The Morgan fingerprint density at radius 1 is 1.36 bits per heavy atom. The van der Waals surface area contributed by atoms with Gasteiger partial charge in [-0.15, -0.1) is 0 Å². The van der Waals surface area contributed by atoms with E-state index >= 15 is 0 Å². The van der Waals surface area contributed by atoms with Gasteiger partial charge in [0.1, 0.15) is 0 Å². The van der Waals surface area contributed by atoms with E-state index in [1.807, 2.05) is 0 Å². The standard InChI is InChI=1S/C12H16ClN/c1-8-5-9(2)12(11(13)6-8)10-3-4-14-7-10/h5-6,10,14H,3-4,7H2,1-2H3. The topological polar surface area (TPSA) is 12.0 Å². The maximum Gasteiger partial charge on any atom is 0.0446 e. The van der Waals surface area contributed by atoms with Gasteiger partial charge in [-0.25, -0.2) is 0 Å². The molecule has 0 bridgehead atoms. The quantitative estimate of drug-likeness (QED) is 0.750. The zero-order valence-electron chi connectivity index (χ0n) is 8.73. The Labute approximate surface area is 90.5 Å². The van der Waals surface area contributed by atoms with Crippen LogP contribution in [0.25, 0.3) is 0 Å². The summed E-state index contributed by atoms with van der Waals surface area (Å²) in [5.74, 6) is 0.614. The zero-order valence-corrected chi connectivity index (χ0v) is 9.49. The first kappa shape index (κ1) is 10.0. The van der Waals surface area contributed by atoms with Crippen molar-refractivity contribution in [1.82, 2.24) is 5.32 Å². The highest BCUT2D eigenvalue weighted by Gasteiger charge is 2.20. The van der Waals surface area contributed by atoms with Gasteiger partial charge < -0.3 is 5.32 Å². The molecule has 1 aromatic carbocycles. The molecule has 2 rings (SSSR count). The highest BCUT2D eigenvalue weighted by Crippen LogP contribution is 2.32. The summed E-state index contributed by atoms with van der Waals surface area (Å²) in [6.07, 6.45) is 1.21. The summed E-state index contributed by atoms with van der Waals surface area (Å²) < 4.78 is 0. The SMILES string of the molecule is Cc1cc(C)c(C2CCNC2)c(Cl)c1. The number of nitrogens with one attached hydrogen (secondary N) is 1. The van der Waals surface area contributed by atoms with Crippen LogP contribution >= 0.6 is 11.6 Å². The number of hydrogen-bond donors (Lipinski definition) is 1. The molecule has 1 heterocycles. The molecule has 0 aromatic heterocycles. The van der Waals surface area contributed by atoms with Gasteiger partial charge in [-0.3, -0.25) is 0 Å². The van der Waals surface area contributed by atoms with E-state index < -0.39 is 0 Å². The predicted molar refractivity (Wildman–Crippen MR) is 61.2 cm³/mol. The van der Waals surface area contributed by atoms with Crippen LogP contribution in [-0.4, -0.2) is 13.1 Å². The maximum absolute atomic E-state index is 6.29. The van der Waals surface area contributed by atoms with Crippen molar-refractivity contribution in [3.63, 3.8) is 0 Å². The van der Waals surface area contributed by atoms with Crippen molar-refractivity contribution >= 4 is 11.6 Å². The van der Waals surface area contributed by atoms with E-state index in [-0.39, 0.29) is 0 Å². The number of hydrogen-bond acceptors (Lipinski definition) is 1. The molecule has 0 radical (unpaired) electrons. The number of rotatable bonds is 1. The van der Waals surface area contributed by atoms with Crippen LogP contribution in [0.5, 0.6) is 0 Å². The molecular weight excluding hydrogens is 194 g/mol. The molecule has 1 aliphatic heterocycles. The summed E-state index contributed by atoms with van der Waals surface area (Å²) in [4.78, 5) is 0. The minimum absolute atomic E-state index is 0.614. The third-order valence-electron chi connectivity index (χ3n) is 2.95. The molecule has 0 saturated carbocycles. The predicted octanol–water partition coefficient (Wildman–Crippen LogP) is 3.03. The molecule has 1 unspecified atom stereocenters. The Balaban J connectivity index is 2.40. The maximum atomic E-state index is 6.29. The first-order valence-corrected chi connectivity index (χ1v) is 5.53. The van der Waals surface area contributed by atoms with Gasteiger partial charge in [0.15, 0.2) is 0 Å². The molecule has 0 aliphatic carbocycles. The van der Waals surface area contributed by atoms with Crippen LogP contribution in [-0.2, 0) is 0 Å². The molecule has 76 valence electrons. The third-order valence-corrected chi connectivity index (χ3v) is 3.26. The van der Waals surface area contributed by atoms with Crippen LogP contribution in [0.4, 0.5) is 0 Å². The van der Waals surface area contributed by atoms with Gasteiger partial charge in [-0.1, -0.05) is 17.7 Å². The largest absolute Gasteiger partial charge is 0.316 e. The zero-order chi connectivity index (χ0) is 10.1. The number of benzene rings is 1. The van der Waals surface area contributed by atoms with Crippen molar-refractivity contribution in [2.24, 2.45) is 0 Å². The van der Waals surface area contributed by atoms with Crippen LogP contribution in [0.1, 0.15) is 29.0 Å². The molecule has 0 spiro atoms. The summed E-state index contributed by atoms with van der Waals surface area (Å²) in [6.45, 7) is 6.44. The third kappa shape index (κ3) is 1.79. The average Bonchev–Trinajstić information content (AvgIpc) is 2.54. The molecule has 1 saturated heterocycles. The average molecular weight is 210 g/mol. The lowest BCUT2D eigenvalue weighted by Crippen LogP contribution is -2.09. The van der Waals surface area contributed by atoms with E-state index in [4.69, 9.17) is 11.6 Å². The molecular formula is C12H16ClN. The van der Waals surface area contributed by atoms with E-state index in [2.05, 4.69) is 31.3 Å². The summed E-state index contributed by atoms with van der Waals surface area (Å²) in [6, 6.07) is 4.29. The summed E-state index contributed by atoms with van der Waals surface area (Å²) >= 11 is 6.29. The van der Waals surface area contributed by atoms with Crippen molar-refractivity contribution in [1.29, 1.82) is 0 Å². The lowest BCUT2D eigenvalue weighted by molar-refractivity contribution is 0.757. The van der Waals surface area contributed by atoms with Gasteiger partial charge in [-0.2, -0.15) is 0 Å². The molecule has 0 amide bonds. The second-order valence-electron chi connectivity index (χ2n) is 4.17. The monoisotopic (exact) mass is 209 g/mol. The number of halogens is 1. The second-order valence-corrected chi connectivity index (χ2v) is 4.57. The molecule has 1 atom stereocenters. The van der Waals surface area contributed by atoms with Gasteiger partial charge in [0.2, 0.25) is 0 Å². The van der Waals surface area contributed by atoms with Crippen LogP contribution in [0.15, 0.2) is 12.1 Å². The molecule has 2 heteroatoms. The van der Waals surface area contributed by atoms with E-state index in [0.717, 1.165) is 18.1 Å². The van der Waals surface area contributed by atoms with Gasteiger partial charge >= 0.3 is 0 Å². The van der Waals surface area contributed by atoms with Crippen molar-refractivity contribution in [3.05, 3.63) is 33.8 Å². The first-order valence-electron chi connectivity index (χ1n) is 5.16. The molecule has 14 heavy (non-hydrogen) atoms. The fraction of sp³-hybridized carbons (Fsp3) is 0.500. The van der Waals surface area contributed by atoms with Crippen LogP contribution < -0.4 is 5.32 Å². The fourth-order valence-corrected chi connectivity index (χ4v) is 2.82. The minimum atomic E-state index is 0.614. The van der Waals surface area contributed by atoms with Crippen molar-refractivity contribution in [2.75, 3.05) is 13.1 Å². The van der Waals surface area contributed by atoms with Crippen molar-refractivity contribution in [3.8, 4) is 0 Å². The lowest BCUT2D eigenvalue weighted by Gasteiger charge is -2.15. The minimum Gasteiger partial charge on any atom is -0.316 e. The number of aryl methyl sites for hydroxylation is 2. The Kier molecular flexibility index (Phi) is 2.80. The van der Waals surface area contributed by atoms with E-state index in [1.165, 1.54) is 23.1 Å². The van der Waals surface area contributed by atoms with Gasteiger partial charge in [-0.05, 0) is 55.5 Å². The van der Waals surface area contributed by atoms with Crippen LogP contribution in [0.3, 0.4) is 0 Å². The smallest absolute Gasteiger partial charge is 0.0446 e. The first-order chi connectivity index (χ1) is 6.68. The highest BCUT2D eigenvalue weighted by molar-refractivity contribution is 6.31. The van der Waals surface area contributed by atoms with Crippen molar-refractivity contribution in [2.45, 2.75) is 26.2 Å². The Morgan fingerprint density at radius 3 is 2.71 bits per heavy atom. The van der Waals surface area contributed by atoms with E-state index in [9.17, 15) is 0 Å². The molecule has 1 fully saturated rings. The van der Waals surface area contributed by atoms with Gasteiger partial charge in [0, 0.05) is 11.6 Å². The van der Waals surface area contributed by atoms with Gasteiger partial charge in [0.05, 0.1) is 0 Å². The normalized spacial score (nSPS) is 21.5. The van der Waals surface area contributed by atoms with Crippen LogP contribution in [0.2, 0.25) is 5.02 Å². The van der Waals surface area contributed by atoms with Crippen molar-refractivity contribution < 1.29 is 0 Å². The van der Waals surface area contributed by atoms with E-state index in [1.54, 1.807) is 0 Å².